The van der Waals surface area contributed by atoms with Crippen molar-refractivity contribution >= 4 is 0 Å². The van der Waals surface area contributed by atoms with Gasteiger partial charge in [0.1, 0.15) is 0 Å². The molecule has 0 aliphatic carbocycles. The molecule has 1 aliphatic heterocycles. The number of hydrogen-bond acceptors (Lipinski definition) is 4. The van der Waals surface area contributed by atoms with Gasteiger partial charge in [0.05, 0.1) is 11.7 Å². The van der Waals surface area contributed by atoms with Crippen molar-refractivity contribution in [2.24, 2.45) is 5.73 Å². The lowest BCUT2D eigenvalue weighted by molar-refractivity contribution is -0.139. The van der Waals surface area contributed by atoms with Crippen LogP contribution in [0.5, 0.6) is 11.5 Å². The second-order valence-electron chi connectivity index (χ2n) is 3.54. The predicted octanol–water partition coefficient (Wildman–Crippen LogP) is 1.43. The van der Waals surface area contributed by atoms with Crippen LogP contribution in [0, 0.1) is 0 Å². The van der Waals surface area contributed by atoms with E-state index in [1.165, 1.54) is 0 Å². The van der Waals surface area contributed by atoms with Gasteiger partial charge in [-0.05, 0) is 17.7 Å². The van der Waals surface area contributed by atoms with E-state index in [4.69, 9.17) is 15.2 Å². The number of aliphatic hydroxyl groups is 1. The molecular formula is C10H10F3NO3. The summed E-state index contributed by atoms with van der Waals surface area (Å²) in [6, 6.07) is 1.93. The minimum Gasteiger partial charge on any atom is -0.454 e. The highest BCUT2D eigenvalue weighted by atomic mass is 19.4. The zero-order valence-electron chi connectivity index (χ0n) is 8.62. The molecule has 17 heavy (non-hydrogen) atoms. The number of fused-ring (bicyclic) bond motifs is 1. The van der Waals surface area contributed by atoms with Gasteiger partial charge in [0.2, 0.25) is 6.79 Å². The Bertz CT molecular complexity index is 434. The van der Waals surface area contributed by atoms with E-state index < -0.39 is 17.8 Å². The summed E-state index contributed by atoms with van der Waals surface area (Å²) in [6.07, 6.45) is -5.96. The Hall–Kier alpha value is -1.47. The van der Waals surface area contributed by atoms with Crippen molar-refractivity contribution in [3.05, 3.63) is 23.3 Å². The van der Waals surface area contributed by atoms with Crippen molar-refractivity contribution < 1.29 is 27.8 Å². The van der Waals surface area contributed by atoms with E-state index in [1.807, 2.05) is 0 Å². The Morgan fingerprint density at radius 2 is 1.88 bits per heavy atom. The zero-order valence-corrected chi connectivity index (χ0v) is 8.62. The van der Waals surface area contributed by atoms with Crippen LogP contribution in [0.25, 0.3) is 0 Å². The van der Waals surface area contributed by atoms with Gasteiger partial charge in [-0.1, -0.05) is 0 Å². The third-order valence-corrected chi connectivity index (χ3v) is 2.43. The van der Waals surface area contributed by atoms with Crippen LogP contribution < -0.4 is 15.2 Å². The third-order valence-electron chi connectivity index (χ3n) is 2.43. The summed E-state index contributed by atoms with van der Waals surface area (Å²) in [5.41, 5.74) is 3.91. The minimum atomic E-state index is -4.58. The maximum absolute atomic E-state index is 12.8. The first-order chi connectivity index (χ1) is 7.93. The average molecular weight is 249 g/mol. The van der Waals surface area contributed by atoms with Crippen LogP contribution in [0.1, 0.15) is 17.2 Å². The molecule has 0 bridgehead atoms. The van der Waals surface area contributed by atoms with Crippen molar-refractivity contribution in [2.45, 2.75) is 12.3 Å². The summed E-state index contributed by atoms with van der Waals surface area (Å²) >= 11 is 0. The van der Waals surface area contributed by atoms with Crippen LogP contribution >= 0.6 is 0 Å². The maximum Gasteiger partial charge on any atom is 0.416 e. The van der Waals surface area contributed by atoms with E-state index in [9.17, 15) is 18.3 Å². The summed E-state index contributed by atoms with van der Waals surface area (Å²) in [5, 5.41) is 9.48. The molecule has 0 saturated heterocycles. The number of ether oxygens (including phenoxy) is 2. The number of aliphatic hydroxyl groups excluding tert-OH is 1. The molecule has 0 amide bonds. The molecule has 4 nitrogen and oxygen atoms in total. The van der Waals surface area contributed by atoms with E-state index in [-0.39, 0.29) is 30.4 Å². The van der Waals surface area contributed by atoms with Gasteiger partial charge in [0, 0.05) is 6.54 Å². The molecule has 1 aliphatic rings. The van der Waals surface area contributed by atoms with E-state index in [0.717, 1.165) is 12.1 Å². The Balaban J connectivity index is 2.55. The van der Waals surface area contributed by atoms with Crippen LogP contribution in [-0.2, 0) is 6.18 Å². The summed E-state index contributed by atoms with van der Waals surface area (Å²) in [5.74, 6) is 0.200. The molecule has 1 aromatic carbocycles. The third kappa shape index (κ3) is 2.16. The summed E-state index contributed by atoms with van der Waals surface area (Å²) in [6.45, 7) is -0.433. The summed E-state index contributed by atoms with van der Waals surface area (Å²) < 4.78 is 48.1. The summed E-state index contributed by atoms with van der Waals surface area (Å²) in [7, 11) is 0. The first-order valence-corrected chi connectivity index (χ1v) is 4.82. The first kappa shape index (κ1) is 12.0. The molecule has 7 heteroatoms. The van der Waals surface area contributed by atoms with Crippen LogP contribution in [0.2, 0.25) is 0 Å². The van der Waals surface area contributed by atoms with E-state index >= 15 is 0 Å². The van der Waals surface area contributed by atoms with Crippen molar-refractivity contribution in [2.75, 3.05) is 13.3 Å². The van der Waals surface area contributed by atoms with Gasteiger partial charge in [-0.15, -0.1) is 0 Å². The van der Waals surface area contributed by atoms with Crippen LogP contribution in [0.4, 0.5) is 13.2 Å². The largest absolute Gasteiger partial charge is 0.454 e. The molecule has 94 valence electrons. The lowest BCUT2D eigenvalue weighted by atomic mass is 10.0. The van der Waals surface area contributed by atoms with E-state index in [0.29, 0.717) is 0 Å². The van der Waals surface area contributed by atoms with Gasteiger partial charge in [-0.25, -0.2) is 0 Å². The molecule has 0 fully saturated rings. The molecule has 0 aromatic heterocycles. The molecule has 2 rings (SSSR count). The highest BCUT2D eigenvalue weighted by molar-refractivity contribution is 5.50. The standard InChI is InChI=1S/C10H10F3NO3/c11-10(12,13)6-2-9-8(16-4-17-9)1-5(6)7(15)3-14/h1-2,7,15H,3-4,14H2. The SMILES string of the molecule is NCC(O)c1cc2c(cc1C(F)(F)F)OCO2. The molecule has 1 unspecified atom stereocenters. The van der Waals surface area contributed by atoms with Crippen molar-refractivity contribution in [3.63, 3.8) is 0 Å². The van der Waals surface area contributed by atoms with Crippen molar-refractivity contribution in [1.29, 1.82) is 0 Å². The zero-order chi connectivity index (χ0) is 12.6. The van der Waals surface area contributed by atoms with E-state index in [2.05, 4.69) is 0 Å². The van der Waals surface area contributed by atoms with E-state index in [1.54, 1.807) is 0 Å². The fraction of sp³-hybridized carbons (Fsp3) is 0.400. The van der Waals surface area contributed by atoms with Crippen LogP contribution in [-0.4, -0.2) is 18.4 Å². The molecule has 0 saturated carbocycles. The Kier molecular flexibility index (Phi) is 2.88. The lowest BCUT2D eigenvalue weighted by Gasteiger charge is -2.17. The molecular weight excluding hydrogens is 239 g/mol. The fourth-order valence-electron chi connectivity index (χ4n) is 1.61. The lowest BCUT2D eigenvalue weighted by Crippen LogP contribution is -2.17. The first-order valence-electron chi connectivity index (χ1n) is 4.82. The second-order valence-corrected chi connectivity index (χ2v) is 3.54. The number of halogens is 3. The smallest absolute Gasteiger partial charge is 0.416 e. The molecule has 3 N–H and O–H groups in total. The molecule has 0 radical (unpaired) electrons. The Labute approximate surface area is 94.7 Å². The Morgan fingerprint density at radius 1 is 1.29 bits per heavy atom. The Morgan fingerprint density at radius 3 is 2.41 bits per heavy atom. The number of nitrogens with two attached hydrogens (primary N) is 1. The van der Waals surface area contributed by atoms with Gasteiger partial charge in [-0.2, -0.15) is 13.2 Å². The second kappa shape index (κ2) is 4.08. The monoisotopic (exact) mass is 249 g/mol. The normalized spacial score (nSPS) is 16.1. The van der Waals surface area contributed by atoms with Crippen LogP contribution in [0.3, 0.4) is 0 Å². The maximum atomic E-state index is 12.8. The van der Waals surface area contributed by atoms with Gasteiger partial charge in [0.15, 0.2) is 11.5 Å². The van der Waals surface area contributed by atoms with Crippen molar-refractivity contribution in [3.8, 4) is 11.5 Å². The van der Waals surface area contributed by atoms with Gasteiger partial charge in [0.25, 0.3) is 0 Å². The molecule has 0 spiro atoms. The van der Waals surface area contributed by atoms with Crippen LogP contribution in [0.15, 0.2) is 12.1 Å². The van der Waals surface area contributed by atoms with Gasteiger partial charge < -0.3 is 20.3 Å². The number of alkyl halides is 3. The highest BCUT2D eigenvalue weighted by Gasteiger charge is 2.37. The number of benzene rings is 1. The topological polar surface area (TPSA) is 64.7 Å². The summed E-state index contributed by atoms with van der Waals surface area (Å²) in [4.78, 5) is 0. The highest BCUT2D eigenvalue weighted by Crippen LogP contribution is 2.42. The fourth-order valence-corrected chi connectivity index (χ4v) is 1.61. The predicted molar refractivity (Wildman–Crippen MR) is 51.6 cm³/mol. The average Bonchev–Trinajstić information content (AvgIpc) is 2.72. The molecule has 1 heterocycles. The number of hydrogen-bond donors (Lipinski definition) is 2. The van der Waals surface area contributed by atoms with Crippen molar-refractivity contribution in [1.82, 2.24) is 0 Å². The van der Waals surface area contributed by atoms with Gasteiger partial charge >= 0.3 is 6.18 Å². The number of rotatable bonds is 2. The quantitative estimate of drug-likeness (QED) is 0.832. The minimum absolute atomic E-state index is 0.0188. The molecule has 1 aromatic rings. The molecule has 1 atom stereocenters. The van der Waals surface area contributed by atoms with Gasteiger partial charge in [-0.3, -0.25) is 0 Å².